The van der Waals surface area contributed by atoms with Crippen molar-refractivity contribution in [2.24, 2.45) is 5.41 Å². The van der Waals surface area contributed by atoms with Gasteiger partial charge in [0.1, 0.15) is 5.75 Å². The van der Waals surface area contributed by atoms with Crippen LogP contribution in [0.3, 0.4) is 0 Å². The van der Waals surface area contributed by atoms with Gasteiger partial charge in [0.25, 0.3) is 11.8 Å². The number of nitrogens with zero attached hydrogens (tertiary/aromatic N) is 2. The van der Waals surface area contributed by atoms with Gasteiger partial charge in [-0.3, -0.25) is 9.59 Å². The monoisotopic (exact) mass is 489 g/mol. The quantitative estimate of drug-likeness (QED) is 0.536. The van der Waals surface area contributed by atoms with Crippen LogP contribution in [0, 0.1) is 5.41 Å². The molecule has 0 aliphatic carbocycles. The van der Waals surface area contributed by atoms with Gasteiger partial charge in [0.15, 0.2) is 0 Å². The van der Waals surface area contributed by atoms with E-state index in [1.54, 1.807) is 11.9 Å². The highest BCUT2D eigenvalue weighted by molar-refractivity contribution is 6.06. The zero-order chi connectivity index (χ0) is 25.0. The molecule has 1 spiro atoms. The predicted octanol–water partition coefficient (Wildman–Crippen LogP) is 4.74. The Morgan fingerprint density at radius 3 is 2.64 bits per heavy atom. The lowest BCUT2D eigenvalue weighted by molar-refractivity contribution is 0.0330. The molecule has 36 heavy (non-hydrogen) atoms. The Balaban J connectivity index is 1.32. The van der Waals surface area contributed by atoms with Crippen LogP contribution in [-0.2, 0) is 4.74 Å². The van der Waals surface area contributed by atoms with Crippen molar-refractivity contribution in [3.63, 3.8) is 0 Å². The van der Waals surface area contributed by atoms with Crippen LogP contribution < -0.4 is 4.74 Å². The summed E-state index contributed by atoms with van der Waals surface area (Å²) in [6.45, 7) is 3.71. The standard InChI is InChI=1S/C29H35N3O4/c1-31-18-20-35-19-5-4-12-29(21-36-26-10-3-2-7-24(26)27(31)33)13-16-32(17-14-29)28(34)23-8-6-9-25-22(23)11-15-30-25/h2-3,6-11,15,30H,4-5,12-14,16-21H2,1H3. The number of para-hydroxylation sites is 1. The molecule has 3 aromatic rings. The van der Waals surface area contributed by atoms with E-state index in [-0.39, 0.29) is 17.2 Å². The molecular formula is C29H35N3O4. The van der Waals surface area contributed by atoms with Gasteiger partial charge in [-0.1, -0.05) is 24.6 Å². The molecule has 7 heteroatoms. The number of nitrogens with one attached hydrogen (secondary N) is 1. The maximum Gasteiger partial charge on any atom is 0.257 e. The highest BCUT2D eigenvalue weighted by Crippen LogP contribution is 2.38. The second-order valence-electron chi connectivity index (χ2n) is 10.1. The molecule has 1 N–H and O–H groups in total. The van der Waals surface area contributed by atoms with Crippen LogP contribution in [0.2, 0.25) is 0 Å². The van der Waals surface area contributed by atoms with Gasteiger partial charge in [0.2, 0.25) is 0 Å². The van der Waals surface area contributed by atoms with E-state index < -0.39 is 0 Å². The smallest absolute Gasteiger partial charge is 0.257 e. The van der Waals surface area contributed by atoms with Crippen LogP contribution in [-0.4, -0.2) is 73.1 Å². The molecule has 1 fully saturated rings. The number of hydrogen-bond acceptors (Lipinski definition) is 4. The third-order valence-corrected chi connectivity index (χ3v) is 7.75. The molecule has 1 aromatic heterocycles. The van der Waals surface area contributed by atoms with Gasteiger partial charge in [-0.15, -0.1) is 0 Å². The van der Waals surface area contributed by atoms with Crippen molar-refractivity contribution in [1.29, 1.82) is 0 Å². The highest BCUT2D eigenvalue weighted by atomic mass is 16.5. The van der Waals surface area contributed by atoms with Crippen molar-refractivity contribution < 1.29 is 19.1 Å². The van der Waals surface area contributed by atoms with Crippen molar-refractivity contribution in [3.8, 4) is 5.75 Å². The van der Waals surface area contributed by atoms with E-state index in [1.165, 1.54) is 0 Å². The molecule has 0 saturated carbocycles. The number of hydrogen-bond donors (Lipinski definition) is 1. The fraction of sp³-hybridized carbons (Fsp3) is 0.448. The van der Waals surface area contributed by atoms with Gasteiger partial charge in [-0.25, -0.2) is 0 Å². The minimum atomic E-state index is -0.0559. The topological polar surface area (TPSA) is 74.9 Å². The van der Waals surface area contributed by atoms with E-state index in [1.807, 2.05) is 59.6 Å². The van der Waals surface area contributed by atoms with Gasteiger partial charge in [-0.05, 0) is 56.0 Å². The predicted molar refractivity (Wildman–Crippen MR) is 139 cm³/mol. The fourth-order valence-corrected chi connectivity index (χ4v) is 5.41. The van der Waals surface area contributed by atoms with Crippen LogP contribution in [0.15, 0.2) is 54.7 Å². The van der Waals surface area contributed by atoms with Crippen LogP contribution in [0.25, 0.3) is 10.9 Å². The molecule has 2 amide bonds. The average molecular weight is 490 g/mol. The SMILES string of the molecule is CN1CCOCCCCC2(CCN(C(=O)c3cccc4[nH]ccc34)CC2)COc2ccccc2C1=O. The Bertz CT molecular complexity index is 1210. The molecule has 190 valence electrons. The number of aromatic amines is 1. The second-order valence-corrected chi connectivity index (χ2v) is 10.1. The number of aromatic nitrogens is 1. The summed E-state index contributed by atoms with van der Waals surface area (Å²) in [6.07, 6.45) is 6.67. The molecule has 0 atom stereocenters. The van der Waals surface area contributed by atoms with E-state index >= 15 is 0 Å². The van der Waals surface area contributed by atoms with Crippen molar-refractivity contribution >= 4 is 22.7 Å². The summed E-state index contributed by atoms with van der Waals surface area (Å²) >= 11 is 0. The normalized spacial score (nSPS) is 19.5. The summed E-state index contributed by atoms with van der Waals surface area (Å²) in [7, 11) is 1.80. The lowest BCUT2D eigenvalue weighted by atomic mass is 9.75. The van der Waals surface area contributed by atoms with E-state index in [2.05, 4.69) is 4.98 Å². The molecular weight excluding hydrogens is 454 g/mol. The molecule has 3 heterocycles. The Hall–Kier alpha value is -3.32. The van der Waals surface area contributed by atoms with E-state index in [9.17, 15) is 9.59 Å². The Morgan fingerprint density at radius 2 is 1.78 bits per heavy atom. The van der Waals surface area contributed by atoms with Crippen LogP contribution in [0.1, 0.15) is 52.8 Å². The Labute approximate surface area is 212 Å². The minimum absolute atomic E-state index is 0.0386. The van der Waals surface area contributed by atoms with Crippen LogP contribution in [0.5, 0.6) is 5.75 Å². The second kappa shape index (κ2) is 10.7. The third-order valence-electron chi connectivity index (χ3n) is 7.75. The average Bonchev–Trinajstić information content (AvgIpc) is 3.40. The number of likely N-dealkylation sites (N-methyl/N-ethyl adjacent to an activating group) is 1. The van der Waals surface area contributed by atoms with E-state index in [0.717, 1.165) is 48.6 Å². The van der Waals surface area contributed by atoms with Crippen molar-refractivity contribution in [3.05, 3.63) is 65.9 Å². The molecule has 5 rings (SSSR count). The van der Waals surface area contributed by atoms with Gasteiger partial charge >= 0.3 is 0 Å². The largest absolute Gasteiger partial charge is 0.492 e. The molecule has 0 bridgehead atoms. The summed E-state index contributed by atoms with van der Waals surface area (Å²) in [5.74, 6) is 0.660. The van der Waals surface area contributed by atoms with Gasteiger partial charge < -0.3 is 24.3 Å². The number of carbonyl (C=O) groups is 2. The highest BCUT2D eigenvalue weighted by Gasteiger charge is 2.37. The minimum Gasteiger partial charge on any atom is -0.492 e. The number of amides is 2. The van der Waals surface area contributed by atoms with Crippen molar-refractivity contribution in [2.45, 2.75) is 32.1 Å². The van der Waals surface area contributed by atoms with E-state index in [4.69, 9.17) is 9.47 Å². The number of benzene rings is 2. The molecule has 2 aliphatic heterocycles. The zero-order valence-electron chi connectivity index (χ0n) is 21.0. The summed E-state index contributed by atoms with van der Waals surface area (Å²) in [5, 5.41) is 0.968. The number of ether oxygens (including phenoxy) is 2. The lowest BCUT2D eigenvalue weighted by Gasteiger charge is -2.42. The summed E-state index contributed by atoms with van der Waals surface area (Å²) in [6, 6.07) is 15.3. The number of rotatable bonds is 1. The number of likely N-dealkylation sites (tertiary alicyclic amines) is 1. The number of carbonyl (C=O) groups excluding carboxylic acids is 2. The number of piperidine rings is 1. The summed E-state index contributed by atoms with van der Waals surface area (Å²) in [4.78, 5) is 33.3. The molecule has 0 radical (unpaired) electrons. The molecule has 2 aromatic carbocycles. The van der Waals surface area contributed by atoms with Crippen LogP contribution >= 0.6 is 0 Å². The summed E-state index contributed by atoms with van der Waals surface area (Å²) in [5.41, 5.74) is 2.28. The lowest BCUT2D eigenvalue weighted by Crippen LogP contribution is -2.45. The first-order valence-electron chi connectivity index (χ1n) is 13.0. The van der Waals surface area contributed by atoms with Gasteiger partial charge in [-0.2, -0.15) is 0 Å². The number of H-pyrrole nitrogens is 1. The molecule has 0 unspecified atom stereocenters. The maximum absolute atomic E-state index is 13.4. The van der Waals surface area contributed by atoms with Gasteiger partial charge in [0, 0.05) is 61.4 Å². The van der Waals surface area contributed by atoms with Crippen LogP contribution in [0.4, 0.5) is 0 Å². The first kappa shape index (κ1) is 24.4. The maximum atomic E-state index is 13.4. The summed E-state index contributed by atoms with van der Waals surface area (Å²) < 4.78 is 12.2. The zero-order valence-corrected chi connectivity index (χ0v) is 21.0. The fourth-order valence-electron chi connectivity index (χ4n) is 5.41. The number of fused-ring (bicyclic) bond motifs is 2. The van der Waals surface area contributed by atoms with E-state index in [0.29, 0.717) is 50.8 Å². The van der Waals surface area contributed by atoms with Crippen molar-refractivity contribution in [1.82, 2.24) is 14.8 Å². The molecule has 7 nitrogen and oxygen atoms in total. The van der Waals surface area contributed by atoms with Gasteiger partial charge in [0.05, 0.1) is 18.8 Å². The Morgan fingerprint density at radius 1 is 0.944 bits per heavy atom. The first-order chi connectivity index (χ1) is 17.6. The first-order valence-corrected chi connectivity index (χ1v) is 13.0. The van der Waals surface area contributed by atoms with Crippen molar-refractivity contribution in [2.75, 3.05) is 46.5 Å². The third kappa shape index (κ3) is 5.12. The Kier molecular flexibility index (Phi) is 7.28. The molecule has 1 saturated heterocycles. The molecule has 2 aliphatic rings.